The number of hydrogen-bond acceptors (Lipinski definition) is 2. The van der Waals surface area contributed by atoms with Gasteiger partial charge in [-0.3, -0.25) is 4.90 Å². The molecule has 1 unspecified atom stereocenters. The minimum Gasteiger partial charge on any atom is -0.313 e. The first-order valence-electron chi connectivity index (χ1n) is 7.80. The Morgan fingerprint density at radius 2 is 1.88 bits per heavy atom. The van der Waals surface area contributed by atoms with Gasteiger partial charge in [0.25, 0.3) is 0 Å². The summed E-state index contributed by atoms with van der Waals surface area (Å²) in [6.07, 6.45) is 9.80. The maximum absolute atomic E-state index is 3.70. The summed E-state index contributed by atoms with van der Waals surface area (Å²) in [5.74, 6) is 0.916. The number of piperidine rings is 1. The van der Waals surface area contributed by atoms with Crippen molar-refractivity contribution in [1.29, 1.82) is 0 Å². The second-order valence-corrected chi connectivity index (χ2v) is 6.01. The molecule has 1 aliphatic carbocycles. The second-order valence-electron chi connectivity index (χ2n) is 6.01. The van der Waals surface area contributed by atoms with Crippen LogP contribution in [0.1, 0.15) is 58.8 Å². The van der Waals surface area contributed by atoms with Gasteiger partial charge in [0.2, 0.25) is 0 Å². The monoisotopic (exact) mass is 238 g/mol. The van der Waals surface area contributed by atoms with Crippen LogP contribution in [0, 0.1) is 5.92 Å². The average molecular weight is 238 g/mol. The van der Waals surface area contributed by atoms with Crippen LogP contribution in [0.15, 0.2) is 0 Å². The molecule has 0 radical (unpaired) electrons. The molecule has 0 amide bonds. The molecule has 0 aromatic rings. The zero-order valence-corrected chi connectivity index (χ0v) is 11.8. The first kappa shape index (κ1) is 13.4. The number of hydrogen-bond donors (Lipinski definition) is 1. The number of nitrogens with zero attached hydrogens (tertiary/aromatic N) is 1. The Kier molecular flexibility index (Phi) is 5.30. The quantitative estimate of drug-likeness (QED) is 0.733. The van der Waals surface area contributed by atoms with E-state index in [-0.39, 0.29) is 0 Å². The molecular weight excluding hydrogens is 208 g/mol. The summed E-state index contributed by atoms with van der Waals surface area (Å²) in [5.41, 5.74) is 0. The van der Waals surface area contributed by atoms with Crippen LogP contribution in [0.25, 0.3) is 0 Å². The van der Waals surface area contributed by atoms with Crippen LogP contribution in [0.3, 0.4) is 0 Å². The number of rotatable bonds is 7. The van der Waals surface area contributed by atoms with Gasteiger partial charge in [0.15, 0.2) is 0 Å². The second kappa shape index (κ2) is 6.75. The first-order chi connectivity index (χ1) is 8.33. The molecule has 2 rings (SSSR count). The lowest BCUT2D eigenvalue weighted by Gasteiger charge is -2.32. The smallest absolute Gasteiger partial charge is 0.0195 e. The Hall–Kier alpha value is -0.0800. The Balaban J connectivity index is 1.79. The maximum Gasteiger partial charge on any atom is 0.0195 e. The Labute approximate surface area is 107 Å². The zero-order valence-electron chi connectivity index (χ0n) is 11.8. The van der Waals surface area contributed by atoms with Gasteiger partial charge in [-0.1, -0.05) is 33.1 Å². The molecule has 2 aliphatic rings. The molecule has 1 saturated carbocycles. The van der Waals surface area contributed by atoms with E-state index in [1.54, 1.807) is 0 Å². The molecule has 1 atom stereocenters. The lowest BCUT2D eigenvalue weighted by Crippen LogP contribution is -2.45. The number of nitrogens with one attached hydrogen (secondary N) is 1. The van der Waals surface area contributed by atoms with Gasteiger partial charge in [-0.2, -0.15) is 0 Å². The predicted octanol–water partition coefficient (Wildman–Crippen LogP) is 3.03. The van der Waals surface area contributed by atoms with E-state index in [4.69, 9.17) is 0 Å². The van der Waals surface area contributed by atoms with Crippen LogP contribution >= 0.6 is 0 Å². The zero-order chi connectivity index (χ0) is 12.1. The molecule has 2 fully saturated rings. The van der Waals surface area contributed by atoms with Gasteiger partial charge in [0.05, 0.1) is 0 Å². The third-order valence-electron chi connectivity index (χ3n) is 4.58. The Morgan fingerprint density at radius 3 is 2.41 bits per heavy atom. The van der Waals surface area contributed by atoms with Gasteiger partial charge in [-0.05, 0) is 38.1 Å². The van der Waals surface area contributed by atoms with Gasteiger partial charge in [0, 0.05) is 25.2 Å². The highest BCUT2D eigenvalue weighted by atomic mass is 15.2. The summed E-state index contributed by atoms with van der Waals surface area (Å²) in [6.45, 7) is 8.58. The lowest BCUT2D eigenvalue weighted by molar-refractivity contribution is 0.182. The molecule has 17 heavy (non-hydrogen) atoms. The molecule has 2 nitrogen and oxygen atoms in total. The van der Waals surface area contributed by atoms with E-state index < -0.39 is 0 Å². The van der Waals surface area contributed by atoms with Crippen LogP contribution < -0.4 is 5.32 Å². The van der Waals surface area contributed by atoms with E-state index in [1.165, 1.54) is 64.6 Å². The summed E-state index contributed by atoms with van der Waals surface area (Å²) in [4.78, 5) is 2.79. The predicted molar refractivity (Wildman–Crippen MR) is 74.3 cm³/mol. The van der Waals surface area contributed by atoms with Crippen molar-refractivity contribution >= 4 is 0 Å². The minimum absolute atomic E-state index is 0.777. The SMILES string of the molecule is CCC(CC)CN(CC1CCCCN1)C1CC1. The van der Waals surface area contributed by atoms with Crippen LogP contribution in [-0.2, 0) is 0 Å². The van der Waals surface area contributed by atoms with Gasteiger partial charge in [-0.15, -0.1) is 0 Å². The van der Waals surface area contributed by atoms with Gasteiger partial charge < -0.3 is 5.32 Å². The van der Waals surface area contributed by atoms with Crippen molar-refractivity contribution < 1.29 is 0 Å². The third-order valence-corrected chi connectivity index (χ3v) is 4.58. The summed E-state index contributed by atoms with van der Waals surface area (Å²) >= 11 is 0. The summed E-state index contributed by atoms with van der Waals surface area (Å²) in [7, 11) is 0. The minimum atomic E-state index is 0.777. The summed E-state index contributed by atoms with van der Waals surface area (Å²) in [6, 6.07) is 1.71. The molecule has 0 aromatic carbocycles. The van der Waals surface area contributed by atoms with E-state index >= 15 is 0 Å². The lowest BCUT2D eigenvalue weighted by atomic mass is 10.0. The molecule has 100 valence electrons. The fourth-order valence-corrected chi connectivity index (χ4v) is 3.05. The molecular formula is C15H30N2. The molecule has 0 spiro atoms. The summed E-state index contributed by atoms with van der Waals surface area (Å²) in [5, 5.41) is 3.70. The fraction of sp³-hybridized carbons (Fsp3) is 1.00. The maximum atomic E-state index is 3.70. The molecule has 2 heteroatoms. The van der Waals surface area contributed by atoms with Crippen molar-refractivity contribution in [3.05, 3.63) is 0 Å². The van der Waals surface area contributed by atoms with E-state index in [2.05, 4.69) is 24.1 Å². The average Bonchev–Trinajstić information content (AvgIpc) is 3.20. The van der Waals surface area contributed by atoms with Crippen molar-refractivity contribution in [3.63, 3.8) is 0 Å². The van der Waals surface area contributed by atoms with Crippen molar-refractivity contribution in [2.24, 2.45) is 5.92 Å². The van der Waals surface area contributed by atoms with Crippen molar-refractivity contribution in [2.45, 2.75) is 70.9 Å². The normalized spacial score (nSPS) is 25.8. The molecule has 1 heterocycles. The summed E-state index contributed by atoms with van der Waals surface area (Å²) < 4.78 is 0. The van der Waals surface area contributed by atoms with Crippen LogP contribution in [-0.4, -0.2) is 36.6 Å². The highest BCUT2D eigenvalue weighted by Crippen LogP contribution is 2.29. The van der Waals surface area contributed by atoms with Gasteiger partial charge >= 0.3 is 0 Å². The van der Waals surface area contributed by atoms with Crippen molar-refractivity contribution in [2.75, 3.05) is 19.6 Å². The van der Waals surface area contributed by atoms with Gasteiger partial charge in [0.1, 0.15) is 0 Å². The van der Waals surface area contributed by atoms with E-state index in [0.29, 0.717) is 0 Å². The highest BCUT2D eigenvalue weighted by Gasteiger charge is 2.31. The fourth-order valence-electron chi connectivity index (χ4n) is 3.05. The van der Waals surface area contributed by atoms with Crippen molar-refractivity contribution in [1.82, 2.24) is 10.2 Å². The van der Waals surface area contributed by atoms with Crippen LogP contribution in [0.4, 0.5) is 0 Å². The first-order valence-corrected chi connectivity index (χ1v) is 7.80. The standard InChI is InChI=1S/C15H30N2/c1-3-13(4-2)11-17(15-8-9-15)12-14-7-5-6-10-16-14/h13-16H,3-12H2,1-2H3. The molecule has 1 saturated heterocycles. The van der Waals surface area contributed by atoms with E-state index in [0.717, 1.165) is 18.0 Å². The molecule has 1 aliphatic heterocycles. The van der Waals surface area contributed by atoms with Gasteiger partial charge in [-0.25, -0.2) is 0 Å². The molecule has 0 aromatic heterocycles. The van der Waals surface area contributed by atoms with Crippen LogP contribution in [0.5, 0.6) is 0 Å². The van der Waals surface area contributed by atoms with Crippen LogP contribution in [0.2, 0.25) is 0 Å². The molecule has 1 N–H and O–H groups in total. The third kappa shape index (κ3) is 4.26. The largest absolute Gasteiger partial charge is 0.313 e. The Bertz CT molecular complexity index is 203. The van der Waals surface area contributed by atoms with E-state index in [1.807, 2.05) is 0 Å². The van der Waals surface area contributed by atoms with Crippen molar-refractivity contribution in [3.8, 4) is 0 Å². The Morgan fingerprint density at radius 1 is 1.12 bits per heavy atom. The molecule has 0 bridgehead atoms. The topological polar surface area (TPSA) is 15.3 Å². The van der Waals surface area contributed by atoms with E-state index in [9.17, 15) is 0 Å². The highest BCUT2D eigenvalue weighted by molar-refractivity contribution is 4.88.